The van der Waals surface area contributed by atoms with Gasteiger partial charge < -0.3 is 0 Å². The van der Waals surface area contributed by atoms with Crippen molar-refractivity contribution in [2.24, 2.45) is 0 Å². The Hall–Kier alpha value is -2.25. The van der Waals surface area contributed by atoms with Crippen molar-refractivity contribution in [2.75, 3.05) is 0 Å². The molecule has 0 unspecified atom stereocenters. The van der Waals surface area contributed by atoms with E-state index in [0.29, 0.717) is 0 Å². The lowest BCUT2D eigenvalue weighted by molar-refractivity contribution is 1.05. The first-order chi connectivity index (χ1) is 11.7. The molecule has 3 aromatic rings. The van der Waals surface area contributed by atoms with Crippen LogP contribution in [0.3, 0.4) is 0 Å². The van der Waals surface area contributed by atoms with Crippen molar-refractivity contribution >= 4 is 17.3 Å². The van der Waals surface area contributed by atoms with E-state index in [1.54, 1.807) is 0 Å². The minimum Gasteiger partial charge on any atom is -0.0906 e. The van der Waals surface area contributed by atoms with Crippen LogP contribution in [0.2, 0.25) is 0 Å². The van der Waals surface area contributed by atoms with Gasteiger partial charge >= 0.3 is 0 Å². The molecule has 3 aromatic carbocycles. The average molecular weight is 328 g/mol. The SMILES string of the molecule is C=C(c1ccc(CC)cc1)c1ccc2c(c1)Cc1ccccc1S2. The number of rotatable bonds is 3. The van der Waals surface area contributed by atoms with Gasteiger partial charge in [-0.1, -0.05) is 73.8 Å². The molecule has 0 amide bonds. The van der Waals surface area contributed by atoms with Gasteiger partial charge in [0.15, 0.2) is 0 Å². The molecule has 0 nitrogen and oxygen atoms in total. The second-order valence-electron chi connectivity index (χ2n) is 6.24. The van der Waals surface area contributed by atoms with E-state index in [-0.39, 0.29) is 0 Å². The number of hydrogen-bond acceptors (Lipinski definition) is 1. The highest BCUT2D eigenvalue weighted by molar-refractivity contribution is 7.99. The van der Waals surface area contributed by atoms with Gasteiger partial charge in [0.25, 0.3) is 0 Å². The maximum atomic E-state index is 4.34. The molecule has 0 saturated carbocycles. The van der Waals surface area contributed by atoms with Gasteiger partial charge in [0.1, 0.15) is 0 Å². The molecular formula is C23H20S. The van der Waals surface area contributed by atoms with E-state index in [2.05, 4.69) is 80.2 Å². The van der Waals surface area contributed by atoms with Crippen LogP contribution in [0.15, 0.2) is 83.1 Å². The smallest absolute Gasteiger partial charge is 0.0158 e. The van der Waals surface area contributed by atoms with Crippen molar-refractivity contribution in [2.45, 2.75) is 29.6 Å². The van der Waals surface area contributed by atoms with Crippen molar-refractivity contribution in [1.29, 1.82) is 0 Å². The van der Waals surface area contributed by atoms with Crippen LogP contribution in [0.25, 0.3) is 5.57 Å². The van der Waals surface area contributed by atoms with Gasteiger partial charge in [0, 0.05) is 9.79 Å². The standard InChI is InChI=1S/C23H20S/c1-3-17-8-10-18(11-9-17)16(2)19-12-13-23-21(14-19)15-20-6-4-5-7-22(20)24-23/h4-14H,2-3,15H2,1H3. The van der Waals surface area contributed by atoms with Gasteiger partial charge in [-0.2, -0.15) is 0 Å². The molecule has 0 atom stereocenters. The summed E-state index contributed by atoms with van der Waals surface area (Å²) in [6, 6.07) is 24.2. The maximum absolute atomic E-state index is 4.34. The highest BCUT2D eigenvalue weighted by atomic mass is 32.2. The summed E-state index contributed by atoms with van der Waals surface area (Å²) in [7, 11) is 0. The fourth-order valence-electron chi connectivity index (χ4n) is 3.19. The summed E-state index contributed by atoms with van der Waals surface area (Å²) in [5, 5.41) is 0. The fraction of sp³-hybridized carbons (Fsp3) is 0.130. The lowest BCUT2D eigenvalue weighted by atomic mass is 9.95. The topological polar surface area (TPSA) is 0 Å². The highest BCUT2D eigenvalue weighted by Crippen LogP contribution is 2.40. The van der Waals surface area contributed by atoms with Gasteiger partial charge in [-0.05, 0) is 64.4 Å². The molecule has 0 spiro atoms. The number of hydrogen-bond donors (Lipinski definition) is 0. The van der Waals surface area contributed by atoms with Crippen molar-refractivity contribution in [3.05, 3.63) is 101 Å². The summed E-state index contributed by atoms with van der Waals surface area (Å²) >= 11 is 1.87. The average Bonchev–Trinajstić information content (AvgIpc) is 2.65. The van der Waals surface area contributed by atoms with Crippen molar-refractivity contribution < 1.29 is 0 Å². The van der Waals surface area contributed by atoms with Gasteiger partial charge in [-0.25, -0.2) is 0 Å². The summed E-state index contributed by atoms with van der Waals surface area (Å²) in [5.74, 6) is 0. The van der Waals surface area contributed by atoms with Crippen LogP contribution in [-0.4, -0.2) is 0 Å². The molecule has 118 valence electrons. The third-order valence-electron chi connectivity index (χ3n) is 4.69. The van der Waals surface area contributed by atoms with Crippen molar-refractivity contribution in [3.8, 4) is 0 Å². The number of benzene rings is 3. The van der Waals surface area contributed by atoms with Crippen LogP contribution in [0.5, 0.6) is 0 Å². The van der Waals surface area contributed by atoms with Gasteiger partial charge in [0.2, 0.25) is 0 Å². The van der Waals surface area contributed by atoms with Crippen molar-refractivity contribution in [3.63, 3.8) is 0 Å². The lowest BCUT2D eigenvalue weighted by Gasteiger charge is -2.20. The molecule has 0 bridgehead atoms. The zero-order valence-corrected chi connectivity index (χ0v) is 14.7. The molecule has 1 aliphatic rings. The largest absolute Gasteiger partial charge is 0.0906 e. The van der Waals surface area contributed by atoms with Crippen LogP contribution in [0.1, 0.15) is 34.7 Å². The molecule has 1 aliphatic heterocycles. The second kappa shape index (κ2) is 6.33. The first-order valence-electron chi connectivity index (χ1n) is 8.42. The van der Waals surface area contributed by atoms with Gasteiger partial charge in [-0.3, -0.25) is 0 Å². The highest BCUT2D eigenvalue weighted by Gasteiger charge is 2.16. The van der Waals surface area contributed by atoms with Crippen LogP contribution >= 0.6 is 11.8 Å². The first-order valence-corrected chi connectivity index (χ1v) is 9.23. The van der Waals surface area contributed by atoms with E-state index < -0.39 is 0 Å². The zero-order valence-electron chi connectivity index (χ0n) is 13.9. The Morgan fingerprint density at radius 2 is 1.58 bits per heavy atom. The van der Waals surface area contributed by atoms with E-state index in [9.17, 15) is 0 Å². The molecule has 0 radical (unpaired) electrons. The van der Waals surface area contributed by atoms with E-state index in [1.807, 2.05) is 11.8 Å². The predicted octanol–water partition coefficient (Wildman–Crippen LogP) is 6.37. The molecule has 0 aliphatic carbocycles. The fourth-order valence-corrected chi connectivity index (χ4v) is 4.24. The number of fused-ring (bicyclic) bond motifs is 2. The summed E-state index contributed by atoms with van der Waals surface area (Å²) in [6.45, 7) is 6.52. The van der Waals surface area contributed by atoms with Crippen LogP contribution < -0.4 is 0 Å². The van der Waals surface area contributed by atoms with E-state index in [0.717, 1.165) is 18.4 Å². The molecule has 0 fully saturated rings. The Balaban J connectivity index is 1.65. The Bertz CT molecular complexity index is 904. The molecule has 0 saturated heterocycles. The maximum Gasteiger partial charge on any atom is 0.0158 e. The molecule has 24 heavy (non-hydrogen) atoms. The third kappa shape index (κ3) is 2.81. The monoisotopic (exact) mass is 328 g/mol. The molecule has 4 rings (SSSR count). The summed E-state index contributed by atoms with van der Waals surface area (Å²) in [5.41, 5.74) is 7.72. The zero-order chi connectivity index (χ0) is 16.5. The summed E-state index contributed by atoms with van der Waals surface area (Å²) < 4.78 is 0. The first kappa shape index (κ1) is 15.3. The van der Waals surface area contributed by atoms with Gasteiger partial charge in [-0.15, -0.1) is 0 Å². The Kier molecular flexibility index (Phi) is 4.03. The molecule has 1 heteroatoms. The Morgan fingerprint density at radius 3 is 2.38 bits per heavy atom. The van der Waals surface area contributed by atoms with Crippen LogP contribution in [-0.2, 0) is 12.8 Å². The quantitative estimate of drug-likeness (QED) is 0.421. The lowest BCUT2D eigenvalue weighted by Crippen LogP contribution is -2.00. The van der Waals surface area contributed by atoms with E-state index in [1.165, 1.54) is 37.6 Å². The van der Waals surface area contributed by atoms with Gasteiger partial charge in [0.05, 0.1) is 0 Å². The Labute approximate surface area is 148 Å². The van der Waals surface area contributed by atoms with E-state index in [4.69, 9.17) is 0 Å². The minimum atomic E-state index is 1.01. The van der Waals surface area contributed by atoms with Crippen LogP contribution in [0, 0.1) is 0 Å². The molecular weight excluding hydrogens is 308 g/mol. The summed E-state index contributed by atoms with van der Waals surface area (Å²) in [6.07, 6.45) is 2.08. The third-order valence-corrected chi connectivity index (χ3v) is 5.93. The van der Waals surface area contributed by atoms with Crippen molar-refractivity contribution in [1.82, 2.24) is 0 Å². The molecule has 0 aromatic heterocycles. The number of aryl methyl sites for hydroxylation is 1. The second-order valence-corrected chi connectivity index (χ2v) is 7.32. The predicted molar refractivity (Wildman–Crippen MR) is 104 cm³/mol. The summed E-state index contributed by atoms with van der Waals surface area (Å²) in [4.78, 5) is 2.75. The molecule has 1 heterocycles. The van der Waals surface area contributed by atoms with E-state index >= 15 is 0 Å². The Morgan fingerprint density at radius 1 is 0.875 bits per heavy atom. The van der Waals surface area contributed by atoms with Crippen LogP contribution in [0.4, 0.5) is 0 Å². The minimum absolute atomic E-state index is 1.01. The normalized spacial score (nSPS) is 12.4. The molecule has 0 N–H and O–H groups in total.